The second-order valence-corrected chi connectivity index (χ2v) is 7.57. The highest BCUT2D eigenvalue weighted by molar-refractivity contribution is 6.15. The molecule has 0 amide bonds. The zero-order valence-corrected chi connectivity index (χ0v) is 17.7. The van der Waals surface area contributed by atoms with Gasteiger partial charge in [-0.25, -0.2) is 0 Å². The Morgan fingerprint density at radius 1 is 1.00 bits per heavy atom. The third-order valence-corrected chi connectivity index (χ3v) is 5.20. The van der Waals surface area contributed by atoms with Gasteiger partial charge in [0.1, 0.15) is 11.5 Å². The van der Waals surface area contributed by atoms with Crippen LogP contribution in [0, 0.1) is 6.92 Å². The number of hydrogen-bond acceptors (Lipinski definition) is 5. The summed E-state index contributed by atoms with van der Waals surface area (Å²) in [6, 6.07) is 20.3. The van der Waals surface area contributed by atoms with Crippen LogP contribution >= 0.6 is 0 Å². The molecule has 0 N–H and O–H groups in total. The molecule has 0 radical (unpaired) electrons. The summed E-state index contributed by atoms with van der Waals surface area (Å²) in [5.74, 6) is 0.993. The van der Waals surface area contributed by atoms with E-state index < -0.39 is 0 Å². The van der Waals surface area contributed by atoms with Crippen LogP contribution in [0.25, 0.3) is 6.08 Å². The maximum absolute atomic E-state index is 12.8. The molecule has 5 heteroatoms. The molecule has 0 bridgehead atoms. The molecule has 0 saturated carbocycles. The summed E-state index contributed by atoms with van der Waals surface area (Å²) < 4.78 is 11.6. The molecule has 0 fully saturated rings. The number of ketones is 2. The molecule has 0 aliphatic carbocycles. The van der Waals surface area contributed by atoms with E-state index in [1.54, 1.807) is 30.3 Å². The van der Waals surface area contributed by atoms with Gasteiger partial charge in [-0.3, -0.25) is 9.59 Å². The summed E-state index contributed by atoms with van der Waals surface area (Å²) in [7, 11) is 3.95. The first kappa shape index (κ1) is 20.4. The molecule has 1 heterocycles. The number of ether oxygens (including phenoxy) is 2. The van der Waals surface area contributed by atoms with Gasteiger partial charge >= 0.3 is 0 Å². The number of anilines is 1. The highest BCUT2D eigenvalue weighted by Gasteiger charge is 2.30. The maximum atomic E-state index is 12.8. The topological polar surface area (TPSA) is 55.8 Å². The van der Waals surface area contributed by atoms with E-state index in [1.807, 2.05) is 68.4 Å². The van der Waals surface area contributed by atoms with Crippen LogP contribution in [0.1, 0.15) is 31.8 Å². The molecule has 0 saturated heterocycles. The molecule has 1 aliphatic heterocycles. The molecule has 0 unspecified atom stereocenters. The van der Waals surface area contributed by atoms with Crippen molar-refractivity contribution in [1.82, 2.24) is 0 Å². The maximum Gasteiger partial charge on any atom is 0.231 e. The second kappa shape index (κ2) is 8.48. The van der Waals surface area contributed by atoms with Gasteiger partial charge in [0.2, 0.25) is 5.78 Å². The molecule has 31 heavy (non-hydrogen) atoms. The summed E-state index contributed by atoms with van der Waals surface area (Å²) in [6.45, 7) is 1.74. The normalized spacial score (nSPS) is 13.6. The molecule has 0 atom stereocenters. The van der Waals surface area contributed by atoms with Gasteiger partial charge < -0.3 is 14.4 Å². The number of hydrogen-bond donors (Lipinski definition) is 0. The van der Waals surface area contributed by atoms with Crippen molar-refractivity contribution in [2.24, 2.45) is 0 Å². The van der Waals surface area contributed by atoms with Crippen molar-refractivity contribution in [3.63, 3.8) is 0 Å². The number of rotatable bonds is 6. The van der Waals surface area contributed by atoms with E-state index in [2.05, 4.69) is 0 Å². The van der Waals surface area contributed by atoms with Gasteiger partial charge in [-0.05, 0) is 42.8 Å². The van der Waals surface area contributed by atoms with Crippen molar-refractivity contribution in [2.45, 2.75) is 6.92 Å². The Morgan fingerprint density at radius 3 is 2.39 bits per heavy atom. The largest absolute Gasteiger partial charge is 0.485 e. The highest BCUT2D eigenvalue weighted by Crippen LogP contribution is 2.39. The van der Waals surface area contributed by atoms with Crippen molar-refractivity contribution in [3.05, 3.63) is 94.7 Å². The molecule has 0 spiro atoms. The van der Waals surface area contributed by atoms with Gasteiger partial charge in [-0.2, -0.15) is 0 Å². The van der Waals surface area contributed by atoms with Crippen LogP contribution in [-0.2, 0) is 0 Å². The number of nitrogens with zero attached hydrogens (tertiary/aromatic N) is 1. The van der Waals surface area contributed by atoms with E-state index in [0.717, 1.165) is 11.3 Å². The van der Waals surface area contributed by atoms with Gasteiger partial charge in [0.25, 0.3) is 0 Å². The highest BCUT2D eigenvalue weighted by atomic mass is 16.5. The first-order valence-corrected chi connectivity index (χ1v) is 10.0. The first-order chi connectivity index (χ1) is 14.9. The van der Waals surface area contributed by atoms with E-state index in [9.17, 15) is 9.59 Å². The summed E-state index contributed by atoms with van der Waals surface area (Å²) in [6.07, 6.45) is 1.74. The molecule has 3 aromatic rings. The number of allylic oxidation sites excluding steroid dienone is 1. The number of carbonyl (C=O) groups is 2. The molecule has 5 nitrogen and oxygen atoms in total. The Balaban J connectivity index is 1.52. The first-order valence-electron chi connectivity index (χ1n) is 10.0. The minimum Gasteiger partial charge on any atom is -0.485 e. The molecule has 156 valence electrons. The average molecular weight is 413 g/mol. The van der Waals surface area contributed by atoms with Crippen LogP contribution in [0.15, 0.2) is 72.5 Å². The summed E-state index contributed by atoms with van der Waals surface area (Å²) in [4.78, 5) is 27.1. The van der Waals surface area contributed by atoms with Crippen molar-refractivity contribution < 1.29 is 19.1 Å². The van der Waals surface area contributed by atoms with Gasteiger partial charge in [-0.1, -0.05) is 42.5 Å². The molecule has 4 rings (SSSR count). The van der Waals surface area contributed by atoms with E-state index in [4.69, 9.17) is 9.47 Å². The standard InChI is InChI=1S/C26H23NO4/c1-17-23(30-16-22(28)19-7-5-4-6-8-19)14-13-21-25(29)24(31-26(17)21)15-18-9-11-20(12-10-18)27(2)3/h4-15H,16H2,1-3H3/b24-15-. The van der Waals surface area contributed by atoms with Crippen molar-refractivity contribution >= 4 is 23.3 Å². The lowest BCUT2D eigenvalue weighted by Crippen LogP contribution is -2.12. The molecular weight excluding hydrogens is 390 g/mol. The predicted octanol–water partition coefficient (Wildman–Crippen LogP) is 4.94. The fourth-order valence-electron chi connectivity index (χ4n) is 3.40. The van der Waals surface area contributed by atoms with Crippen LogP contribution in [0.3, 0.4) is 0 Å². The number of fused-ring (bicyclic) bond motifs is 1. The monoisotopic (exact) mass is 413 g/mol. The van der Waals surface area contributed by atoms with Gasteiger partial charge in [0.15, 0.2) is 18.1 Å². The fourth-order valence-corrected chi connectivity index (χ4v) is 3.40. The minimum absolute atomic E-state index is 0.0848. The Hall–Kier alpha value is -3.86. The summed E-state index contributed by atoms with van der Waals surface area (Å²) >= 11 is 0. The summed E-state index contributed by atoms with van der Waals surface area (Å²) in [5.41, 5.74) is 3.74. The molecule has 3 aromatic carbocycles. The van der Waals surface area contributed by atoms with Gasteiger partial charge in [0.05, 0.1) is 5.56 Å². The third-order valence-electron chi connectivity index (χ3n) is 5.20. The lowest BCUT2D eigenvalue weighted by molar-refractivity contribution is 0.0920. The van der Waals surface area contributed by atoms with Crippen molar-refractivity contribution in [1.29, 1.82) is 0 Å². The van der Waals surface area contributed by atoms with Crippen molar-refractivity contribution in [2.75, 3.05) is 25.6 Å². The predicted molar refractivity (Wildman–Crippen MR) is 121 cm³/mol. The zero-order valence-electron chi connectivity index (χ0n) is 17.7. The molecule has 1 aliphatic rings. The molecule has 0 aromatic heterocycles. The smallest absolute Gasteiger partial charge is 0.231 e. The van der Waals surface area contributed by atoms with E-state index in [-0.39, 0.29) is 23.9 Å². The number of carbonyl (C=O) groups excluding carboxylic acids is 2. The van der Waals surface area contributed by atoms with Gasteiger partial charge in [-0.15, -0.1) is 0 Å². The van der Waals surface area contributed by atoms with E-state index in [0.29, 0.717) is 28.2 Å². The Labute approximate surface area is 181 Å². The zero-order chi connectivity index (χ0) is 22.0. The summed E-state index contributed by atoms with van der Waals surface area (Å²) in [5, 5.41) is 0. The fraction of sp³-hybridized carbons (Fsp3) is 0.154. The van der Waals surface area contributed by atoms with E-state index >= 15 is 0 Å². The molecular formula is C26H23NO4. The van der Waals surface area contributed by atoms with Crippen molar-refractivity contribution in [3.8, 4) is 11.5 Å². The van der Waals surface area contributed by atoms with Gasteiger partial charge in [0, 0.05) is 30.9 Å². The number of Topliss-reactive ketones (excluding diaryl/α,β-unsaturated/α-hetero) is 2. The lowest BCUT2D eigenvalue weighted by Gasteiger charge is -2.12. The lowest BCUT2D eigenvalue weighted by atomic mass is 10.1. The third kappa shape index (κ3) is 4.21. The number of benzene rings is 3. The van der Waals surface area contributed by atoms with Crippen LogP contribution < -0.4 is 14.4 Å². The second-order valence-electron chi connectivity index (χ2n) is 7.57. The SMILES string of the molecule is Cc1c(OCC(=O)c2ccccc2)ccc2c1O/C(=C\c1ccc(N(C)C)cc1)C2=O. The Bertz CT molecular complexity index is 1160. The minimum atomic E-state index is -0.165. The Morgan fingerprint density at radius 2 is 1.71 bits per heavy atom. The van der Waals surface area contributed by atoms with Crippen LogP contribution in [-0.4, -0.2) is 32.3 Å². The van der Waals surface area contributed by atoms with Crippen LogP contribution in [0.2, 0.25) is 0 Å². The van der Waals surface area contributed by atoms with Crippen LogP contribution in [0.5, 0.6) is 11.5 Å². The average Bonchev–Trinajstić information content (AvgIpc) is 3.10. The van der Waals surface area contributed by atoms with E-state index in [1.165, 1.54) is 0 Å². The van der Waals surface area contributed by atoms with Crippen LogP contribution in [0.4, 0.5) is 5.69 Å². The Kier molecular flexibility index (Phi) is 5.58. The quantitative estimate of drug-likeness (QED) is 0.423.